The Bertz CT molecular complexity index is 822. The lowest BCUT2D eigenvalue weighted by atomic mass is 10.0. The van der Waals surface area contributed by atoms with Crippen molar-refractivity contribution in [2.75, 3.05) is 0 Å². The van der Waals surface area contributed by atoms with E-state index in [0.29, 0.717) is 0 Å². The molecule has 9 heteroatoms. The van der Waals surface area contributed by atoms with Crippen molar-refractivity contribution in [1.82, 2.24) is 9.99 Å². The molecule has 0 spiro atoms. The number of halogens is 4. The van der Waals surface area contributed by atoms with Crippen molar-refractivity contribution in [3.05, 3.63) is 65.7 Å². The summed E-state index contributed by atoms with van der Waals surface area (Å²) in [5.74, 6) is -1.70. The summed E-state index contributed by atoms with van der Waals surface area (Å²) in [6.45, 7) is 0. The zero-order valence-corrected chi connectivity index (χ0v) is 12.5. The molecule has 1 unspecified atom stereocenters. The van der Waals surface area contributed by atoms with Crippen molar-refractivity contribution in [2.45, 2.75) is 18.3 Å². The van der Waals surface area contributed by atoms with Gasteiger partial charge in [0.05, 0.1) is 12.1 Å². The Morgan fingerprint density at radius 2 is 1.72 bits per heavy atom. The van der Waals surface area contributed by atoms with Crippen molar-refractivity contribution < 1.29 is 27.5 Å². The van der Waals surface area contributed by atoms with Gasteiger partial charge in [-0.25, -0.2) is 4.39 Å². The maximum atomic E-state index is 13.4. The van der Waals surface area contributed by atoms with Crippen LogP contribution in [0.25, 0.3) is 0 Å². The number of hydrazone groups is 1. The number of hydrogen-bond acceptors (Lipinski definition) is 4. The van der Waals surface area contributed by atoms with Gasteiger partial charge in [-0.1, -0.05) is 12.1 Å². The third kappa shape index (κ3) is 2.98. The molecular formula is C16H11F4N3O2. The van der Waals surface area contributed by atoms with Crippen molar-refractivity contribution >= 4 is 11.6 Å². The van der Waals surface area contributed by atoms with Crippen LogP contribution in [-0.2, 0) is 0 Å². The second-order valence-corrected chi connectivity index (χ2v) is 5.40. The number of aromatic nitrogens is 1. The van der Waals surface area contributed by atoms with Crippen molar-refractivity contribution in [3.63, 3.8) is 0 Å². The first kappa shape index (κ1) is 17.0. The van der Waals surface area contributed by atoms with Crippen molar-refractivity contribution in [2.24, 2.45) is 5.10 Å². The molecule has 1 amide bonds. The van der Waals surface area contributed by atoms with Gasteiger partial charge in [0.15, 0.2) is 0 Å². The Labute approximate surface area is 139 Å². The minimum Gasteiger partial charge on any atom is -0.362 e. The van der Waals surface area contributed by atoms with Gasteiger partial charge in [-0.05, 0) is 29.8 Å². The molecule has 0 saturated heterocycles. The molecule has 1 aliphatic heterocycles. The molecule has 1 atom stereocenters. The fourth-order valence-corrected chi connectivity index (χ4v) is 2.40. The number of pyridine rings is 1. The second kappa shape index (κ2) is 5.92. The molecule has 2 heterocycles. The largest absolute Gasteiger partial charge is 0.438 e. The molecule has 0 aliphatic carbocycles. The summed E-state index contributed by atoms with van der Waals surface area (Å²) in [5.41, 5.74) is -3.60. The Hall–Kier alpha value is -2.81. The number of benzene rings is 1. The average molecular weight is 353 g/mol. The van der Waals surface area contributed by atoms with E-state index in [2.05, 4.69) is 10.1 Å². The number of rotatable bonds is 2. The van der Waals surface area contributed by atoms with Crippen LogP contribution >= 0.6 is 0 Å². The fraction of sp³-hybridized carbons (Fsp3) is 0.188. The zero-order valence-electron chi connectivity index (χ0n) is 12.5. The van der Waals surface area contributed by atoms with Gasteiger partial charge in [-0.2, -0.15) is 23.3 Å². The summed E-state index contributed by atoms with van der Waals surface area (Å²) in [6, 6.07) is 6.99. The highest BCUT2D eigenvalue weighted by Gasteiger charge is 2.63. The van der Waals surface area contributed by atoms with Gasteiger partial charge in [0.2, 0.25) is 0 Å². The molecule has 0 bridgehead atoms. The third-order valence-corrected chi connectivity index (χ3v) is 3.74. The van der Waals surface area contributed by atoms with E-state index in [-0.39, 0.29) is 21.8 Å². The van der Waals surface area contributed by atoms with Crippen LogP contribution < -0.4 is 0 Å². The molecule has 130 valence electrons. The quantitative estimate of drug-likeness (QED) is 0.845. The number of carbonyl (C=O) groups excluding carboxylic acids is 1. The average Bonchev–Trinajstić information content (AvgIpc) is 2.94. The molecule has 0 saturated carbocycles. The first-order valence-corrected chi connectivity index (χ1v) is 7.09. The Balaban J connectivity index is 2.04. The molecule has 1 aliphatic rings. The summed E-state index contributed by atoms with van der Waals surface area (Å²) in [4.78, 5) is 16.1. The standard InChI is InChI=1S/C16H11F4N3O2/c17-12-3-1-10(2-4-12)13-9-15(25,16(18,19)20)23(22-13)14(24)11-5-7-21-8-6-11/h1-8,25H,9H2. The summed E-state index contributed by atoms with van der Waals surface area (Å²) in [6.07, 6.45) is -3.62. The van der Waals surface area contributed by atoms with E-state index < -0.39 is 30.0 Å². The van der Waals surface area contributed by atoms with Gasteiger partial charge in [-0.15, -0.1) is 0 Å². The predicted molar refractivity (Wildman–Crippen MR) is 79.0 cm³/mol. The van der Waals surface area contributed by atoms with Crippen molar-refractivity contribution in [1.29, 1.82) is 0 Å². The van der Waals surface area contributed by atoms with E-state index >= 15 is 0 Å². The molecule has 3 rings (SSSR count). The lowest BCUT2D eigenvalue weighted by Gasteiger charge is -2.32. The van der Waals surface area contributed by atoms with E-state index in [1.807, 2.05) is 0 Å². The topological polar surface area (TPSA) is 65.8 Å². The Morgan fingerprint density at radius 1 is 1.12 bits per heavy atom. The Kier molecular flexibility index (Phi) is 4.03. The van der Waals surface area contributed by atoms with Gasteiger partial charge in [0, 0.05) is 18.0 Å². The van der Waals surface area contributed by atoms with Gasteiger partial charge < -0.3 is 5.11 Å². The molecule has 5 nitrogen and oxygen atoms in total. The van der Waals surface area contributed by atoms with Crippen LogP contribution in [0.4, 0.5) is 17.6 Å². The van der Waals surface area contributed by atoms with Crippen LogP contribution in [0.15, 0.2) is 53.9 Å². The highest BCUT2D eigenvalue weighted by molar-refractivity contribution is 6.05. The van der Waals surface area contributed by atoms with Gasteiger partial charge >= 0.3 is 6.18 Å². The highest BCUT2D eigenvalue weighted by atomic mass is 19.4. The summed E-state index contributed by atoms with van der Waals surface area (Å²) < 4.78 is 53.3. The summed E-state index contributed by atoms with van der Waals surface area (Å²) in [5, 5.41) is 13.9. The number of carbonyl (C=O) groups is 1. The maximum absolute atomic E-state index is 13.4. The lowest BCUT2D eigenvalue weighted by molar-refractivity contribution is -0.297. The number of amides is 1. The van der Waals surface area contributed by atoms with E-state index in [1.165, 1.54) is 36.7 Å². The Morgan fingerprint density at radius 3 is 2.28 bits per heavy atom. The number of hydrogen-bond donors (Lipinski definition) is 1. The van der Waals surface area contributed by atoms with Crippen molar-refractivity contribution in [3.8, 4) is 0 Å². The normalized spacial score (nSPS) is 20.5. The molecule has 2 aromatic rings. The lowest BCUT2D eigenvalue weighted by Crippen LogP contribution is -2.56. The fourth-order valence-electron chi connectivity index (χ4n) is 2.40. The minimum absolute atomic E-state index is 0.0149. The highest BCUT2D eigenvalue weighted by Crippen LogP contribution is 2.41. The molecule has 1 N–H and O–H groups in total. The van der Waals surface area contributed by atoms with E-state index in [4.69, 9.17) is 0 Å². The smallest absolute Gasteiger partial charge is 0.362 e. The van der Waals surface area contributed by atoms with Crippen LogP contribution in [0.3, 0.4) is 0 Å². The van der Waals surface area contributed by atoms with Crippen LogP contribution in [0.5, 0.6) is 0 Å². The monoisotopic (exact) mass is 353 g/mol. The molecule has 0 fully saturated rings. The molecule has 1 aromatic heterocycles. The van der Waals surface area contributed by atoms with Gasteiger partial charge in [-0.3, -0.25) is 9.78 Å². The maximum Gasteiger partial charge on any atom is 0.438 e. The first-order valence-electron chi connectivity index (χ1n) is 7.09. The second-order valence-electron chi connectivity index (χ2n) is 5.40. The van der Waals surface area contributed by atoms with Crippen LogP contribution in [0, 0.1) is 5.82 Å². The first-order chi connectivity index (χ1) is 11.7. The van der Waals surface area contributed by atoms with Gasteiger partial charge in [0.1, 0.15) is 5.82 Å². The molecule has 25 heavy (non-hydrogen) atoms. The zero-order chi connectivity index (χ0) is 18.2. The van der Waals surface area contributed by atoms with E-state index in [1.54, 1.807) is 0 Å². The van der Waals surface area contributed by atoms with E-state index in [0.717, 1.165) is 12.1 Å². The number of aliphatic hydroxyl groups is 1. The predicted octanol–water partition coefficient (Wildman–Crippen LogP) is 2.72. The number of nitrogens with zero attached hydrogens (tertiary/aromatic N) is 3. The van der Waals surface area contributed by atoms with Gasteiger partial charge in [0.25, 0.3) is 11.6 Å². The summed E-state index contributed by atoms with van der Waals surface area (Å²) >= 11 is 0. The third-order valence-electron chi connectivity index (χ3n) is 3.74. The number of alkyl halides is 3. The SMILES string of the molecule is O=C(c1ccncc1)N1N=C(c2ccc(F)cc2)CC1(O)C(F)(F)F. The van der Waals surface area contributed by atoms with Crippen LogP contribution in [-0.4, -0.2) is 38.6 Å². The molecule has 1 aromatic carbocycles. The van der Waals surface area contributed by atoms with Crippen LogP contribution in [0.2, 0.25) is 0 Å². The molecular weight excluding hydrogens is 342 g/mol. The van der Waals surface area contributed by atoms with Crippen LogP contribution in [0.1, 0.15) is 22.3 Å². The summed E-state index contributed by atoms with van der Waals surface area (Å²) in [7, 11) is 0. The minimum atomic E-state index is -5.14. The molecule has 0 radical (unpaired) electrons. The van der Waals surface area contributed by atoms with E-state index in [9.17, 15) is 27.5 Å².